The first-order valence-corrected chi connectivity index (χ1v) is 7.33. The first-order valence-electron chi connectivity index (χ1n) is 7.33. The SMILES string of the molecule is CC(N)(CC1CCOc2ccccc21)c1ccc(F)cc1. The Morgan fingerprint density at radius 2 is 1.90 bits per heavy atom. The predicted octanol–water partition coefficient (Wildman–Crippen LogP) is 3.96. The van der Waals surface area contributed by atoms with Crippen LogP contribution in [0.4, 0.5) is 4.39 Å². The molecule has 0 spiro atoms. The molecule has 2 unspecified atom stereocenters. The predicted molar refractivity (Wildman–Crippen MR) is 81.9 cm³/mol. The first-order chi connectivity index (χ1) is 10.1. The molecule has 0 fully saturated rings. The summed E-state index contributed by atoms with van der Waals surface area (Å²) < 4.78 is 18.8. The van der Waals surface area contributed by atoms with Crippen LogP contribution in [0, 0.1) is 5.82 Å². The molecule has 0 bridgehead atoms. The Morgan fingerprint density at radius 3 is 2.67 bits per heavy atom. The third-order valence-electron chi connectivity index (χ3n) is 4.26. The van der Waals surface area contributed by atoms with Crippen molar-refractivity contribution in [1.29, 1.82) is 0 Å². The van der Waals surface area contributed by atoms with Gasteiger partial charge in [0.25, 0.3) is 0 Å². The lowest BCUT2D eigenvalue weighted by Crippen LogP contribution is -2.35. The molecule has 2 N–H and O–H groups in total. The summed E-state index contributed by atoms with van der Waals surface area (Å²) in [6.07, 6.45) is 1.78. The molecule has 0 aliphatic carbocycles. The van der Waals surface area contributed by atoms with Gasteiger partial charge in [-0.05, 0) is 55.0 Å². The molecule has 21 heavy (non-hydrogen) atoms. The average Bonchev–Trinajstić information content (AvgIpc) is 2.48. The van der Waals surface area contributed by atoms with E-state index in [1.54, 1.807) is 12.1 Å². The molecule has 1 aliphatic rings. The maximum atomic E-state index is 13.1. The van der Waals surface area contributed by atoms with Crippen LogP contribution in [0.25, 0.3) is 0 Å². The highest BCUT2D eigenvalue weighted by Gasteiger charge is 2.30. The van der Waals surface area contributed by atoms with Crippen LogP contribution in [0.15, 0.2) is 48.5 Å². The van der Waals surface area contributed by atoms with Crippen LogP contribution < -0.4 is 10.5 Å². The van der Waals surface area contributed by atoms with Crippen molar-refractivity contribution in [2.45, 2.75) is 31.2 Å². The molecule has 2 aromatic carbocycles. The van der Waals surface area contributed by atoms with Crippen molar-refractivity contribution >= 4 is 0 Å². The normalized spacial score (nSPS) is 20.2. The van der Waals surface area contributed by atoms with E-state index in [4.69, 9.17) is 10.5 Å². The van der Waals surface area contributed by atoms with Crippen molar-refractivity contribution < 1.29 is 9.13 Å². The molecule has 2 aromatic rings. The average molecular weight is 285 g/mol. The Hall–Kier alpha value is -1.87. The van der Waals surface area contributed by atoms with Crippen LogP contribution in [0.5, 0.6) is 5.75 Å². The summed E-state index contributed by atoms with van der Waals surface area (Å²) in [5.74, 6) is 1.10. The number of hydrogen-bond donors (Lipinski definition) is 1. The number of para-hydroxylation sites is 1. The first kappa shape index (κ1) is 14.1. The van der Waals surface area contributed by atoms with Crippen molar-refractivity contribution in [3.63, 3.8) is 0 Å². The van der Waals surface area contributed by atoms with Gasteiger partial charge in [-0.15, -0.1) is 0 Å². The van der Waals surface area contributed by atoms with Crippen LogP contribution >= 0.6 is 0 Å². The van der Waals surface area contributed by atoms with Gasteiger partial charge < -0.3 is 10.5 Å². The zero-order valence-electron chi connectivity index (χ0n) is 12.2. The lowest BCUT2D eigenvalue weighted by Gasteiger charge is -2.33. The van der Waals surface area contributed by atoms with Gasteiger partial charge in [-0.25, -0.2) is 4.39 Å². The molecule has 1 heterocycles. The van der Waals surface area contributed by atoms with E-state index >= 15 is 0 Å². The molecule has 0 saturated carbocycles. The van der Waals surface area contributed by atoms with Crippen molar-refractivity contribution in [2.24, 2.45) is 5.73 Å². The van der Waals surface area contributed by atoms with E-state index in [0.29, 0.717) is 5.92 Å². The molecule has 0 saturated heterocycles. The van der Waals surface area contributed by atoms with Gasteiger partial charge in [-0.2, -0.15) is 0 Å². The fourth-order valence-corrected chi connectivity index (χ4v) is 3.09. The third kappa shape index (κ3) is 2.93. The number of benzene rings is 2. The number of rotatable bonds is 3. The summed E-state index contributed by atoms with van der Waals surface area (Å²) in [6, 6.07) is 14.6. The van der Waals surface area contributed by atoms with Gasteiger partial charge in [0.2, 0.25) is 0 Å². The largest absolute Gasteiger partial charge is 0.493 e. The highest BCUT2D eigenvalue weighted by atomic mass is 19.1. The van der Waals surface area contributed by atoms with E-state index < -0.39 is 5.54 Å². The summed E-state index contributed by atoms with van der Waals surface area (Å²) in [5.41, 5.74) is 8.22. The number of hydrogen-bond acceptors (Lipinski definition) is 2. The Morgan fingerprint density at radius 1 is 1.19 bits per heavy atom. The van der Waals surface area contributed by atoms with Crippen molar-refractivity contribution in [3.05, 3.63) is 65.5 Å². The van der Waals surface area contributed by atoms with Gasteiger partial charge in [-0.1, -0.05) is 30.3 Å². The Kier molecular flexibility index (Phi) is 3.68. The maximum Gasteiger partial charge on any atom is 0.123 e. The van der Waals surface area contributed by atoms with Gasteiger partial charge in [-0.3, -0.25) is 0 Å². The summed E-state index contributed by atoms with van der Waals surface area (Å²) in [4.78, 5) is 0. The van der Waals surface area contributed by atoms with Crippen molar-refractivity contribution in [3.8, 4) is 5.75 Å². The van der Waals surface area contributed by atoms with Crippen molar-refractivity contribution in [2.75, 3.05) is 6.61 Å². The molecule has 110 valence electrons. The Labute approximate surface area is 124 Å². The van der Waals surface area contributed by atoms with Gasteiger partial charge >= 0.3 is 0 Å². The highest BCUT2D eigenvalue weighted by Crippen LogP contribution is 2.40. The summed E-state index contributed by atoms with van der Waals surface area (Å²) in [5, 5.41) is 0. The molecular weight excluding hydrogens is 265 g/mol. The summed E-state index contributed by atoms with van der Waals surface area (Å²) in [6.45, 7) is 2.74. The molecule has 1 aliphatic heterocycles. The third-order valence-corrected chi connectivity index (χ3v) is 4.26. The highest BCUT2D eigenvalue weighted by molar-refractivity contribution is 5.38. The number of halogens is 1. The zero-order valence-corrected chi connectivity index (χ0v) is 12.2. The summed E-state index contributed by atoms with van der Waals surface area (Å²) in [7, 11) is 0. The van der Waals surface area contributed by atoms with Gasteiger partial charge in [0.1, 0.15) is 11.6 Å². The van der Waals surface area contributed by atoms with Crippen LogP contribution in [-0.2, 0) is 5.54 Å². The van der Waals surface area contributed by atoms with E-state index in [-0.39, 0.29) is 5.82 Å². The second-order valence-electron chi connectivity index (χ2n) is 6.00. The topological polar surface area (TPSA) is 35.2 Å². The quantitative estimate of drug-likeness (QED) is 0.926. The van der Waals surface area contributed by atoms with E-state index in [1.807, 2.05) is 25.1 Å². The fraction of sp³-hybridized carbons (Fsp3) is 0.333. The lowest BCUT2D eigenvalue weighted by molar-refractivity contribution is 0.247. The summed E-state index contributed by atoms with van der Waals surface area (Å²) >= 11 is 0. The second-order valence-corrected chi connectivity index (χ2v) is 6.00. The van der Waals surface area contributed by atoms with Gasteiger partial charge in [0, 0.05) is 5.54 Å². The van der Waals surface area contributed by atoms with E-state index in [0.717, 1.165) is 30.8 Å². The molecule has 2 atom stereocenters. The zero-order chi connectivity index (χ0) is 14.9. The molecule has 0 radical (unpaired) electrons. The van der Waals surface area contributed by atoms with Crippen LogP contribution in [0.1, 0.15) is 36.8 Å². The van der Waals surface area contributed by atoms with Gasteiger partial charge in [0.05, 0.1) is 6.61 Å². The van der Waals surface area contributed by atoms with E-state index in [1.165, 1.54) is 17.7 Å². The van der Waals surface area contributed by atoms with E-state index in [2.05, 4.69) is 6.07 Å². The smallest absolute Gasteiger partial charge is 0.123 e. The molecular formula is C18H20FNO. The van der Waals surface area contributed by atoms with Crippen LogP contribution in [0.3, 0.4) is 0 Å². The second kappa shape index (κ2) is 5.49. The minimum Gasteiger partial charge on any atom is -0.493 e. The number of fused-ring (bicyclic) bond motifs is 1. The number of ether oxygens (including phenoxy) is 1. The van der Waals surface area contributed by atoms with Crippen LogP contribution in [-0.4, -0.2) is 6.61 Å². The van der Waals surface area contributed by atoms with Crippen LogP contribution in [0.2, 0.25) is 0 Å². The minimum absolute atomic E-state index is 0.231. The number of nitrogens with two attached hydrogens (primary N) is 1. The molecule has 3 rings (SSSR count). The van der Waals surface area contributed by atoms with Gasteiger partial charge in [0.15, 0.2) is 0 Å². The monoisotopic (exact) mass is 285 g/mol. The standard InChI is InChI=1S/C18H20FNO/c1-18(20,14-6-8-15(19)9-7-14)12-13-10-11-21-17-5-3-2-4-16(13)17/h2-9,13H,10-12,20H2,1H3. The molecule has 0 amide bonds. The minimum atomic E-state index is -0.483. The lowest BCUT2D eigenvalue weighted by atomic mass is 9.79. The molecule has 0 aromatic heterocycles. The van der Waals surface area contributed by atoms with Crippen molar-refractivity contribution in [1.82, 2.24) is 0 Å². The molecule has 2 nitrogen and oxygen atoms in total. The Bertz CT molecular complexity index is 621. The fourth-order valence-electron chi connectivity index (χ4n) is 3.09. The molecule has 3 heteroatoms. The van der Waals surface area contributed by atoms with E-state index in [9.17, 15) is 4.39 Å². The maximum absolute atomic E-state index is 13.1. The Balaban J connectivity index is 1.84.